The highest BCUT2D eigenvalue weighted by Crippen LogP contribution is 2.38. The average Bonchev–Trinajstić information content (AvgIpc) is 3.55. The highest BCUT2D eigenvalue weighted by Gasteiger charge is 2.28. The third kappa shape index (κ3) is 3.54. The summed E-state index contributed by atoms with van der Waals surface area (Å²) >= 11 is 2.87. The summed E-state index contributed by atoms with van der Waals surface area (Å²) < 4.78 is 9.28. The van der Waals surface area contributed by atoms with Gasteiger partial charge in [-0.2, -0.15) is 0 Å². The van der Waals surface area contributed by atoms with Crippen LogP contribution in [0.4, 0.5) is 0 Å². The molecule has 0 bridgehead atoms. The molecule has 1 amide bonds. The number of aromatic nitrogens is 4. The van der Waals surface area contributed by atoms with Crippen LogP contribution in [0.3, 0.4) is 0 Å². The summed E-state index contributed by atoms with van der Waals surface area (Å²) in [6, 6.07) is 10.0. The van der Waals surface area contributed by atoms with E-state index in [0.29, 0.717) is 24.7 Å². The molecule has 0 atom stereocenters. The van der Waals surface area contributed by atoms with Crippen molar-refractivity contribution in [3.8, 4) is 22.5 Å². The molecule has 0 unspecified atom stereocenters. The maximum atomic E-state index is 12.5. The van der Waals surface area contributed by atoms with Crippen LogP contribution in [0.25, 0.3) is 22.5 Å². The molecule has 1 aliphatic rings. The number of piperidine rings is 1. The lowest BCUT2D eigenvalue weighted by atomic mass is 9.97. The fourth-order valence-corrected chi connectivity index (χ4v) is 5.22. The number of carbonyl (C=O) groups is 1. The van der Waals surface area contributed by atoms with Gasteiger partial charge in [0.15, 0.2) is 5.69 Å². The van der Waals surface area contributed by atoms with Gasteiger partial charge in [0.25, 0.3) is 5.91 Å². The van der Waals surface area contributed by atoms with Crippen LogP contribution in [0.1, 0.15) is 40.0 Å². The van der Waals surface area contributed by atoms with Crippen molar-refractivity contribution in [1.82, 2.24) is 24.6 Å². The summed E-state index contributed by atoms with van der Waals surface area (Å²) in [5.41, 5.74) is 4.13. The van der Waals surface area contributed by atoms with E-state index in [2.05, 4.69) is 20.1 Å². The Morgan fingerprint density at radius 2 is 1.97 bits per heavy atom. The average molecular weight is 438 g/mol. The number of hydrogen-bond donors (Lipinski definition) is 0. The lowest BCUT2D eigenvalue weighted by Crippen LogP contribution is -2.38. The summed E-state index contributed by atoms with van der Waals surface area (Å²) in [5, 5.41) is 13.1. The van der Waals surface area contributed by atoms with Crippen LogP contribution >= 0.6 is 22.9 Å². The maximum absolute atomic E-state index is 12.5. The maximum Gasteiger partial charge on any atom is 0.275 e. The van der Waals surface area contributed by atoms with Crippen molar-refractivity contribution < 1.29 is 9.32 Å². The van der Waals surface area contributed by atoms with E-state index >= 15 is 0 Å². The zero-order valence-electron chi connectivity index (χ0n) is 16.3. The van der Waals surface area contributed by atoms with Gasteiger partial charge >= 0.3 is 0 Å². The van der Waals surface area contributed by atoms with Crippen LogP contribution in [0.2, 0.25) is 0 Å². The molecular formula is C21H19N5O2S2. The molecule has 5 rings (SSSR count). The molecule has 4 aromatic rings. The normalized spacial score (nSPS) is 14.9. The molecule has 0 aliphatic carbocycles. The van der Waals surface area contributed by atoms with Crippen molar-refractivity contribution >= 4 is 28.8 Å². The van der Waals surface area contributed by atoms with Gasteiger partial charge in [-0.15, -0.1) is 16.4 Å². The Labute approximate surface area is 181 Å². The quantitative estimate of drug-likeness (QED) is 0.462. The number of amides is 1. The summed E-state index contributed by atoms with van der Waals surface area (Å²) in [5.74, 6) is 1.08. The second kappa shape index (κ2) is 8.08. The summed E-state index contributed by atoms with van der Waals surface area (Å²) in [7, 11) is 0. The van der Waals surface area contributed by atoms with Crippen molar-refractivity contribution in [2.45, 2.75) is 25.7 Å². The molecule has 1 aliphatic heterocycles. The Balaban J connectivity index is 1.33. The van der Waals surface area contributed by atoms with Gasteiger partial charge < -0.3 is 9.42 Å². The van der Waals surface area contributed by atoms with E-state index in [4.69, 9.17) is 9.51 Å². The van der Waals surface area contributed by atoms with Gasteiger partial charge in [0.05, 0.1) is 16.3 Å². The SMILES string of the molecule is Cc1onc(-c2ccccc2)c1-c1csc(C2CCN(C(=O)c3csnn3)CC2)n1. The first-order valence-electron chi connectivity index (χ1n) is 9.74. The van der Waals surface area contributed by atoms with Crippen LogP contribution < -0.4 is 0 Å². The van der Waals surface area contributed by atoms with Gasteiger partial charge in [0.1, 0.15) is 11.5 Å². The molecule has 0 saturated carbocycles. The summed E-state index contributed by atoms with van der Waals surface area (Å²) in [6.07, 6.45) is 1.79. The Hall–Kier alpha value is -2.91. The molecule has 1 fully saturated rings. The second-order valence-corrected chi connectivity index (χ2v) is 8.76. The van der Waals surface area contributed by atoms with Gasteiger partial charge in [0.2, 0.25) is 0 Å². The minimum atomic E-state index is -0.0328. The largest absolute Gasteiger partial charge is 0.360 e. The minimum Gasteiger partial charge on any atom is -0.360 e. The molecule has 30 heavy (non-hydrogen) atoms. The first kappa shape index (κ1) is 19.1. The predicted molar refractivity (Wildman–Crippen MR) is 116 cm³/mol. The van der Waals surface area contributed by atoms with E-state index in [1.807, 2.05) is 42.2 Å². The third-order valence-electron chi connectivity index (χ3n) is 5.40. The first-order chi connectivity index (χ1) is 14.7. The zero-order chi connectivity index (χ0) is 20.5. The van der Waals surface area contributed by atoms with Crippen LogP contribution in [0.15, 0.2) is 45.6 Å². The van der Waals surface area contributed by atoms with Gasteiger partial charge in [-0.25, -0.2) is 4.98 Å². The second-order valence-electron chi connectivity index (χ2n) is 7.26. The number of aryl methyl sites for hydroxylation is 1. The fraction of sp³-hybridized carbons (Fsp3) is 0.286. The number of rotatable bonds is 4. The molecule has 7 nitrogen and oxygen atoms in total. The van der Waals surface area contributed by atoms with Crippen molar-refractivity contribution in [3.63, 3.8) is 0 Å². The lowest BCUT2D eigenvalue weighted by molar-refractivity contribution is 0.0707. The molecule has 152 valence electrons. The standard InChI is InChI=1S/C21H19N5O2S2/c1-13-18(19(24-28-13)14-5-3-2-4-6-14)16-11-29-20(22-16)15-7-9-26(10-8-15)21(27)17-12-30-25-23-17/h2-6,11-12,15H,7-10H2,1H3. The van der Waals surface area contributed by atoms with Crippen molar-refractivity contribution in [2.75, 3.05) is 13.1 Å². The molecular weight excluding hydrogens is 418 g/mol. The molecule has 4 heterocycles. The van der Waals surface area contributed by atoms with Gasteiger partial charge in [0, 0.05) is 35.3 Å². The molecule has 1 saturated heterocycles. The molecule has 9 heteroatoms. The lowest BCUT2D eigenvalue weighted by Gasteiger charge is -2.30. The Kier molecular flexibility index (Phi) is 5.14. The number of nitrogens with zero attached hydrogens (tertiary/aromatic N) is 5. The molecule has 3 aromatic heterocycles. The summed E-state index contributed by atoms with van der Waals surface area (Å²) in [6.45, 7) is 3.33. The van der Waals surface area contributed by atoms with Gasteiger partial charge in [-0.05, 0) is 31.3 Å². The summed E-state index contributed by atoms with van der Waals surface area (Å²) in [4.78, 5) is 19.3. The predicted octanol–water partition coefficient (Wildman–Crippen LogP) is 4.64. The molecule has 1 aromatic carbocycles. The van der Waals surface area contributed by atoms with Crippen molar-refractivity contribution in [2.24, 2.45) is 0 Å². The van der Waals surface area contributed by atoms with E-state index in [1.54, 1.807) is 16.7 Å². The van der Waals surface area contributed by atoms with Crippen LogP contribution in [0.5, 0.6) is 0 Å². The fourth-order valence-electron chi connectivity index (χ4n) is 3.81. The highest BCUT2D eigenvalue weighted by atomic mass is 32.1. The Morgan fingerprint density at radius 3 is 2.70 bits per heavy atom. The van der Waals surface area contributed by atoms with Crippen molar-refractivity contribution in [1.29, 1.82) is 0 Å². The minimum absolute atomic E-state index is 0.0328. The van der Waals surface area contributed by atoms with E-state index < -0.39 is 0 Å². The number of hydrogen-bond acceptors (Lipinski definition) is 8. The Bertz CT molecular complexity index is 1150. The smallest absolute Gasteiger partial charge is 0.275 e. The van der Waals surface area contributed by atoms with Gasteiger partial charge in [-0.3, -0.25) is 4.79 Å². The number of benzene rings is 1. The third-order valence-corrected chi connectivity index (χ3v) is 6.91. The first-order valence-corrected chi connectivity index (χ1v) is 11.5. The molecule has 0 spiro atoms. The van der Waals surface area contributed by atoms with E-state index in [9.17, 15) is 4.79 Å². The Morgan fingerprint density at radius 1 is 1.17 bits per heavy atom. The topological polar surface area (TPSA) is 85.0 Å². The van der Waals surface area contributed by atoms with E-state index in [1.165, 1.54) is 11.5 Å². The molecule has 0 radical (unpaired) electrons. The monoisotopic (exact) mass is 437 g/mol. The van der Waals surface area contributed by atoms with Crippen LogP contribution in [-0.4, -0.2) is 43.6 Å². The highest BCUT2D eigenvalue weighted by molar-refractivity contribution is 7.10. The number of likely N-dealkylation sites (tertiary alicyclic amines) is 1. The van der Waals surface area contributed by atoms with E-state index in [-0.39, 0.29) is 5.91 Å². The van der Waals surface area contributed by atoms with E-state index in [0.717, 1.165) is 46.1 Å². The van der Waals surface area contributed by atoms with Gasteiger partial charge in [-0.1, -0.05) is 40.0 Å². The van der Waals surface area contributed by atoms with Crippen molar-refractivity contribution in [3.05, 3.63) is 57.6 Å². The molecule has 0 N–H and O–H groups in total. The number of thiazole rings is 1. The number of carbonyl (C=O) groups excluding carboxylic acids is 1. The van der Waals surface area contributed by atoms with Crippen LogP contribution in [0, 0.1) is 6.92 Å². The zero-order valence-corrected chi connectivity index (χ0v) is 17.9. The van der Waals surface area contributed by atoms with Crippen LogP contribution in [-0.2, 0) is 0 Å².